The number of nitrogens with one attached hydrogen (secondary N) is 2. The molecule has 0 bridgehead atoms. The molecule has 2 aromatic carbocycles. The number of nitrogen functional groups attached to an aromatic ring is 1. The Bertz CT molecular complexity index is 1640. The molecule has 4 heterocycles. The summed E-state index contributed by atoms with van der Waals surface area (Å²) in [5, 5.41) is 7.32. The summed E-state index contributed by atoms with van der Waals surface area (Å²) in [5.41, 5.74) is 9.61. The van der Waals surface area contributed by atoms with Gasteiger partial charge < -0.3 is 25.8 Å². The summed E-state index contributed by atoms with van der Waals surface area (Å²) in [6.45, 7) is 2.87. The lowest BCUT2D eigenvalue weighted by Gasteiger charge is -2.32. The van der Waals surface area contributed by atoms with Crippen LogP contribution >= 0.6 is 0 Å². The van der Waals surface area contributed by atoms with E-state index in [1.165, 1.54) is 6.33 Å². The van der Waals surface area contributed by atoms with Gasteiger partial charge in [0.2, 0.25) is 5.95 Å². The van der Waals surface area contributed by atoms with Crippen LogP contribution in [0.25, 0.3) is 27.7 Å². The highest BCUT2D eigenvalue weighted by Crippen LogP contribution is 2.34. The van der Waals surface area contributed by atoms with Crippen molar-refractivity contribution in [3.8, 4) is 11.1 Å². The quantitative estimate of drug-likeness (QED) is 0.344. The lowest BCUT2D eigenvalue weighted by atomic mass is 10.0. The van der Waals surface area contributed by atoms with Crippen LogP contribution in [0.4, 0.5) is 26.2 Å². The van der Waals surface area contributed by atoms with Crippen molar-refractivity contribution in [1.29, 1.82) is 0 Å². The molecule has 1 amide bonds. The van der Waals surface area contributed by atoms with Gasteiger partial charge in [-0.2, -0.15) is 5.10 Å². The predicted octanol–water partition coefficient (Wildman–Crippen LogP) is 3.26. The number of anilines is 3. The number of carbonyl (C=O) groups excluding carboxylic acids is 1. The van der Waals surface area contributed by atoms with Crippen LogP contribution in [0.15, 0.2) is 48.9 Å². The second-order valence-corrected chi connectivity index (χ2v) is 9.02. The Balaban J connectivity index is 1.35. The highest BCUT2D eigenvalue weighted by Gasteiger charge is 2.27. The van der Waals surface area contributed by atoms with Crippen LogP contribution in [0, 0.1) is 11.6 Å². The van der Waals surface area contributed by atoms with Gasteiger partial charge in [0.1, 0.15) is 23.2 Å². The van der Waals surface area contributed by atoms with Crippen LogP contribution in [-0.2, 0) is 0 Å². The van der Waals surface area contributed by atoms with E-state index in [9.17, 15) is 13.6 Å². The van der Waals surface area contributed by atoms with Crippen molar-refractivity contribution >= 4 is 39.9 Å². The molecule has 10 nitrogen and oxygen atoms in total. The first-order valence-corrected chi connectivity index (χ1v) is 11.7. The maximum Gasteiger partial charge on any atom is 0.256 e. The normalized spacial score (nSPS) is 14.5. The third-order valence-electron chi connectivity index (χ3n) is 6.57. The third kappa shape index (κ3) is 4.10. The smallest absolute Gasteiger partial charge is 0.256 e. The van der Waals surface area contributed by atoms with Crippen molar-refractivity contribution in [1.82, 2.24) is 34.4 Å². The average molecular weight is 504 g/mol. The number of H-pyrrole nitrogens is 1. The van der Waals surface area contributed by atoms with Gasteiger partial charge in [0.05, 0.1) is 11.1 Å². The monoisotopic (exact) mass is 503 g/mol. The Morgan fingerprint density at radius 1 is 1.11 bits per heavy atom. The van der Waals surface area contributed by atoms with Crippen LogP contribution in [-0.4, -0.2) is 73.5 Å². The summed E-state index contributed by atoms with van der Waals surface area (Å²) < 4.78 is 29.1. The zero-order valence-corrected chi connectivity index (χ0v) is 19.9. The molecule has 6 rings (SSSR count). The molecule has 0 saturated carbocycles. The molecule has 188 valence electrons. The topological polar surface area (TPSA) is 120 Å². The second kappa shape index (κ2) is 8.82. The van der Waals surface area contributed by atoms with E-state index in [4.69, 9.17) is 5.73 Å². The first kappa shape index (κ1) is 22.9. The van der Waals surface area contributed by atoms with E-state index in [1.807, 2.05) is 24.1 Å². The van der Waals surface area contributed by atoms with Crippen molar-refractivity contribution in [2.75, 3.05) is 44.3 Å². The van der Waals surface area contributed by atoms with Crippen molar-refractivity contribution in [2.45, 2.75) is 0 Å². The summed E-state index contributed by atoms with van der Waals surface area (Å²) in [6, 6.07) is 9.24. The Labute approximate surface area is 209 Å². The zero-order valence-electron chi connectivity index (χ0n) is 19.9. The molecule has 1 aliphatic rings. The fraction of sp³-hybridized carbons (Fsp3) is 0.200. The number of fused-ring (bicyclic) bond motifs is 2. The number of rotatable bonds is 4. The van der Waals surface area contributed by atoms with Gasteiger partial charge in [0.25, 0.3) is 5.91 Å². The molecule has 12 heteroatoms. The van der Waals surface area contributed by atoms with Gasteiger partial charge in [-0.3, -0.25) is 4.79 Å². The summed E-state index contributed by atoms with van der Waals surface area (Å²) in [4.78, 5) is 28.7. The van der Waals surface area contributed by atoms with Crippen LogP contribution in [0.2, 0.25) is 0 Å². The molecule has 4 N–H and O–H groups in total. The Morgan fingerprint density at radius 2 is 1.86 bits per heavy atom. The molecule has 1 saturated heterocycles. The van der Waals surface area contributed by atoms with E-state index in [-0.39, 0.29) is 28.7 Å². The number of nitrogens with two attached hydrogens (primary N) is 1. The van der Waals surface area contributed by atoms with Crippen LogP contribution in [0.5, 0.6) is 0 Å². The number of hydrogen-bond donors (Lipinski definition) is 3. The van der Waals surface area contributed by atoms with E-state index >= 15 is 0 Å². The molecule has 1 aliphatic heterocycles. The number of piperazine rings is 1. The minimum absolute atomic E-state index is 0.0910. The molecular weight excluding hydrogens is 480 g/mol. The summed E-state index contributed by atoms with van der Waals surface area (Å²) in [5.74, 6) is -0.973. The SMILES string of the molecule is CN1CCN(C(=O)c2cn3ncnc(N)c3c2-c2ccc(Nc3nc4cc(F)cc(F)c4[nH]3)cc2)CC1. The molecule has 0 unspecified atom stereocenters. The molecule has 1 fully saturated rings. The van der Waals surface area contributed by atoms with Gasteiger partial charge >= 0.3 is 0 Å². The Kier molecular flexibility index (Phi) is 5.45. The number of amides is 1. The Morgan fingerprint density at radius 3 is 2.62 bits per heavy atom. The summed E-state index contributed by atoms with van der Waals surface area (Å²) in [6.07, 6.45) is 3.04. The lowest BCUT2D eigenvalue weighted by Crippen LogP contribution is -2.47. The number of benzene rings is 2. The standard InChI is InChI=1S/C25H23F2N9O/c1-34-6-8-35(9-7-34)24(37)17-12-36-22(23(28)29-13-30-36)20(17)14-2-4-16(5-3-14)31-25-32-19-11-15(26)10-18(27)21(19)33-25/h2-5,10-13H,6-9H2,1H3,(H2,28,29,30)(H2,31,32,33). The number of nitrogens with zero attached hydrogens (tertiary/aromatic N) is 6. The molecular formula is C25H23F2N9O. The molecule has 5 aromatic rings. The molecule has 0 aliphatic carbocycles. The molecule has 37 heavy (non-hydrogen) atoms. The molecule has 0 spiro atoms. The maximum atomic E-state index is 14.0. The van der Waals surface area contributed by atoms with Gasteiger partial charge in [0, 0.05) is 55.8 Å². The van der Waals surface area contributed by atoms with Crippen molar-refractivity contribution in [3.05, 3.63) is 66.1 Å². The van der Waals surface area contributed by atoms with E-state index in [0.29, 0.717) is 35.4 Å². The number of aromatic nitrogens is 5. The largest absolute Gasteiger partial charge is 0.382 e. The van der Waals surface area contributed by atoms with Crippen molar-refractivity contribution in [3.63, 3.8) is 0 Å². The van der Waals surface area contributed by atoms with Crippen molar-refractivity contribution in [2.24, 2.45) is 0 Å². The third-order valence-corrected chi connectivity index (χ3v) is 6.57. The lowest BCUT2D eigenvalue weighted by molar-refractivity contribution is 0.0665. The van der Waals surface area contributed by atoms with Gasteiger partial charge in [-0.05, 0) is 24.7 Å². The van der Waals surface area contributed by atoms with E-state index in [0.717, 1.165) is 30.8 Å². The fourth-order valence-electron chi connectivity index (χ4n) is 4.62. The van der Waals surface area contributed by atoms with Crippen LogP contribution in [0.1, 0.15) is 10.4 Å². The number of hydrogen-bond acceptors (Lipinski definition) is 7. The first-order valence-electron chi connectivity index (χ1n) is 11.7. The first-order chi connectivity index (χ1) is 17.9. The number of carbonyl (C=O) groups is 1. The molecule has 0 atom stereocenters. The van der Waals surface area contributed by atoms with Crippen LogP contribution < -0.4 is 11.1 Å². The van der Waals surface area contributed by atoms with Gasteiger partial charge in [0.15, 0.2) is 11.6 Å². The number of aromatic amines is 1. The van der Waals surface area contributed by atoms with E-state index in [2.05, 4.69) is 30.3 Å². The summed E-state index contributed by atoms with van der Waals surface area (Å²) in [7, 11) is 2.03. The van der Waals surface area contributed by atoms with Gasteiger partial charge in [-0.1, -0.05) is 12.1 Å². The van der Waals surface area contributed by atoms with Gasteiger partial charge in [-0.15, -0.1) is 0 Å². The van der Waals surface area contributed by atoms with Crippen LogP contribution in [0.3, 0.4) is 0 Å². The van der Waals surface area contributed by atoms with Crippen molar-refractivity contribution < 1.29 is 13.6 Å². The number of likely N-dealkylation sites (N-methyl/N-ethyl adjacent to an activating group) is 1. The molecule has 0 radical (unpaired) electrons. The summed E-state index contributed by atoms with van der Waals surface area (Å²) >= 11 is 0. The van der Waals surface area contributed by atoms with E-state index in [1.54, 1.807) is 22.8 Å². The second-order valence-electron chi connectivity index (χ2n) is 9.02. The molecule has 3 aromatic heterocycles. The highest BCUT2D eigenvalue weighted by atomic mass is 19.1. The predicted molar refractivity (Wildman–Crippen MR) is 136 cm³/mol. The minimum atomic E-state index is -0.719. The van der Waals surface area contributed by atoms with E-state index < -0.39 is 11.6 Å². The maximum absolute atomic E-state index is 14.0. The van der Waals surface area contributed by atoms with Gasteiger partial charge in [-0.25, -0.2) is 23.3 Å². The zero-order chi connectivity index (χ0) is 25.7. The number of imidazole rings is 1. The Hall–Kier alpha value is -4.58. The fourth-order valence-corrected chi connectivity index (χ4v) is 4.62. The number of halogens is 2. The average Bonchev–Trinajstić information content (AvgIpc) is 3.47. The highest BCUT2D eigenvalue weighted by molar-refractivity contribution is 6.07. The minimum Gasteiger partial charge on any atom is -0.382 e.